The highest BCUT2D eigenvalue weighted by atomic mass is 32.1. The van der Waals surface area contributed by atoms with Crippen molar-refractivity contribution < 1.29 is 33.6 Å². The Bertz CT molecular complexity index is 1500. The number of carbonyl (C=O) groups excluding carboxylic acids is 2. The number of rotatable bonds is 7. The lowest BCUT2D eigenvalue weighted by Crippen LogP contribution is -2.56. The van der Waals surface area contributed by atoms with E-state index < -0.39 is 24.0 Å². The summed E-state index contributed by atoms with van der Waals surface area (Å²) in [4.78, 5) is 30.6. The number of thiophene rings is 1. The van der Waals surface area contributed by atoms with E-state index in [0.29, 0.717) is 23.6 Å². The first kappa shape index (κ1) is 24.7. The fourth-order valence-electron chi connectivity index (χ4n) is 5.42. The number of nitrogens with one attached hydrogen (secondary N) is 1. The van der Waals surface area contributed by atoms with Gasteiger partial charge in [0.15, 0.2) is 6.10 Å². The molecule has 2 aromatic carbocycles. The van der Waals surface area contributed by atoms with Gasteiger partial charge in [0.2, 0.25) is 0 Å². The Morgan fingerprint density at radius 2 is 1.89 bits per heavy atom. The van der Waals surface area contributed by atoms with Gasteiger partial charge in [-0.15, -0.1) is 11.3 Å². The molecule has 0 unspecified atom stereocenters. The number of hydrogen-bond donors (Lipinski definition) is 2. The van der Waals surface area contributed by atoms with Crippen LogP contribution >= 0.6 is 11.3 Å². The second-order valence-corrected chi connectivity index (χ2v) is 10.9. The van der Waals surface area contributed by atoms with Gasteiger partial charge in [0.05, 0.1) is 7.11 Å². The third-order valence-corrected chi connectivity index (χ3v) is 8.70. The Hall–Kier alpha value is -3.60. The Kier molecular flexibility index (Phi) is 6.25. The maximum atomic E-state index is 12.1. The van der Waals surface area contributed by atoms with E-state index in [9.17, 15) is 14.7 Å². The van der Waals surface area contributed by atoms with E-state index in [0.717, 1.165) is 29.5 Å². The summed E-state index contributed by atoms with van der Waals surface area (Å²) < 4.78 is 23.2. The van der Waals surface area contributed by atoms with Crippen molar-refractivity contribution in [3.05, 3.63) is 59.6 Å². The van der Waals surface area contributed by atoms with Gasteiger partial charge in [0.1, 0.15) is 11.5 Å². The second kappa shape index (κ2) is 9.61. The van der Waals surface area contributed by atoms with Crippen LogP contribution in [-0.2, 0) is 19.1 Å². The molecular weight excluding hydrogens is 508 g/mol. The van der Waals surface area contributed by atoms with Gasteiger partial charge in [-0.2, -0.15) is 0 Å². The fourth-order valence-corrected chi connectivity index (χ4v) is 6.65. The number of aliphatic hydroxyl groups excluding tert-OH is 1. The molecule has 38 heavy (non-hydrogen) atoms. The first-order valence-corrected chi connectivity index (χ1v) is 13.4. The highest BCUT2D eigenvalue weighted by molar-refractivity contribution is 7.19. The molecule has 2 aromatic heterocycles. The van der Waals surface area contributed by atoms with Crippen molar-refractivity contribution in [3.63, 3.8) is 0 Å². The Morgan fingerprint density at radius 1 is 1.13 bits per heavy atom. The Morgan fingerprint density at radius 3 is 2.66 bits per heavy atom. The second-order valence-electron chi connectivity index (χ2n) is 9.78. The van der Waals surface area contributed by atoms with Crippen LogP contribution in [0.1, 0.15) is 30.6 Å². The molecule has 2 saturated heterocycles. The molecule has 3 atom stereocenters. The normalized spacial score (nSPS) is 22.4. The van der Waals surface area contributed by atoms with Gasteiger partial charge < -0.3 is 29.0 Å². The number of aromatic nitrogens is 1. The van der Waals surface area contributed by atoms with E-state index in [4.69, 9.17) is 18.9 Å². The lowest BCUT2D eigenvalue weighted by Gasteiger charge is -2.40. The number of benzene rings is 2. The number of carbonyl (C=O) groups is 2. The molecule has 0 saturated carbocycles. The lowest BCUT2D eigenvalue weighted by molar-refractivity contribution is -0.319. The lowest BCUT2D eigenvalue weighted by atomic mass is 9.90. The molecule has 2 aliphatic heterocycles. The van der Waals surface area contributed by atoms with E-state index in [-0.39, 0.29) is 12.6 Å². The molecule has 6 rings (SSSR count). The van der Waals surface area contributed by atoms with E-state index in [2.05, 4.69) is 28.9 Å². The number of methoxy groups -OCH3 is 1. The number of nitrogens with zero attached hydrogens (tertiary/aromatic N) is 1. The maximum Gasteiger partial charge on any atom is 0.451 e. The minimum atomic E-state index is -2.27. The predicted molar refractivity (Wildman–Crippen MR) is 141 cm³/mol. The third-order valence-electron chi connectivity index (χ3n) is 7.44. The van der Waals surface area contributed by atoms with Crippen LogP contribution in [0.4, 0.5) is 0 Å². The molecule has 0 aliphatic carbocycles. The van der Waals surface area contributed by atoms with Gasteiger partial charge >= 0.3 is 17.9 Å². The van der Waals surface area contributed by atoms with Crippen LogP contribution in [-0.4, -0.2) is 65.2 Å². The van der Waals surface area contributed by atoms with Gasteiger partial charge in [-0.3, -0.25) is 4.90 Å². The molecule has 2 aliphatic rings. The van der Waals surface area contributed by atoms with Crippen LogP contribution in [0.15, 0.2) is 54.7 Å². The monoisotopic (exact) mass is 536 g/mol. The number of fused-ring (bicyclic) bond motifs is 2. The zero-order valence-corrected chi connectivity index (χ0v) is 21.8. The molecule has 0 bridgehead atoms. The van der Waals surface area contributed by atoms with Crippen LogP contribution in [0, 0.1) is 0 Å². The zero-order chi connectivity index (χ0) is 26.4. The van der Waals surface area contributed by atoms with Gasteiger partial charge in [-0.05, 0) is 68.6 Å². The summed E-state index contributed by atoms with van der Waals surface area (Å²) in [6.45, 7) is 2.91. The third kappa shape index (κ3) is 4.28. The van der Waals surface area contributed by atoms with Crippen LogP contribution in [0.3, 0.4) is 0 Å². The van der Waals surface area contributed by atoms with Gasteiger partial charge in [-0.1, -0.05) is 12.1 Å². The van der Waals surface area contributed by atoms with Crippen LogP contribution < -0.4 is 9.47 Å². The smallest absolute Gasteiger partial charge is 0.451 e. The average molecular weight is 537 g/mol. The number of esters is 2. The molecule has 0 spiro atoms. The molecule has 10 heteroatoms. The van der Waals surface area contributed by atoms with Crippen molar-refractivity contribution in [1.29, 1.82) is 0 Å². The summed E-state index contributed by atoms with van der Waals surface area (Å²) in [7, 11) is 1.69. The van der Waals surface area contributed by atoms with Crippen molar-refractivity contribution in [1.82, 2.24) is 9.88 Å². The SMILES string of the molecule is COc1cccc2sc([C@H]3CCN(C[C@H](O)C4(Oc5cccc6[nH]ccc56)OC(=O)C(=O)O4)[C@H](C)C3)cc12. The number of likely N-dealkylation sites (tertiary alicyclic amines) is 1. The highest BCUT2D eigenvalue weighted by Crippen LogP contribution is 2.41. The highest BCUT2D eigenvalue weighted by Gasteiger charge is 2.58. The number of cyclic esters (lactones) is 2. The summed E-state index contributed by atoms with van der Waals surface area (Å²) in [5.41, 5.74) is 0.789. The summed E-state index contributed by atoms with van der Waals surface area (Å²) in [6.07, 6.45) is 2.09. The molecule has 0 amide bonds. The van der Waals surface area contributed by atoms with Gasteiger partial charge in [-0.25, -0.2) is 9.59 Å². The largest absolute Gasteiger partial charge is 0.496 e. The number of piperidine rings is 1. The minimum Gasteiger partial charge on any atom is -0.496 e. The Balaban J connectivity index is 1.19. The number of β-amino-alcohol motifs (C(OH)–C–C–N with tert-alkyl or cyclic N) is 1. The van der Waals surface area contributed by atoms with E-state index >= 15 is 0 Å². The van der Waals surface area contributed by atoms with E-state index in [1.807, 2.05) is 18.2 Å². The number of H-pyrrole nitrogens is 1. The summed E-state index contributed by atoms with van der Waals surface area (Å²) >= 11 is 1.79. The first-order chi connectivity index (χ1) is 18.4. The number of aromatic amines is 1. The molecule has 0 radical (unpaired) electrons. The number of ether oxygens (including phenoxy) is 4. The van der Waals surface area contributed by atoms with Crippen molar-refractivity contribution in [2.75, 3.05) is 20.2 Å². The van der Waals surface area contributed by atoms with Gasteiger partial charge in [0, 0.05) is 44.6 Å². The van der Waals surface area contributed by atoms with Crippen molar-refractivity contribution >= 4 is 44.3 Å². The van der Waals surface area contributed by atoms with Crippen LogP contribution in [0.25, 0.3) is 21.0 Å². The molecular formula is C28H28N2O7S. The fraction of sp³-hybridized carbons (Fsp3) is 0.357. The average Bonchev–Trinajstić information content (AvgIpc) is 3.63. The predicted octanol–water partition coefficient (Wildman–Crippen LogP) is 4.15. The van der Waals surface area contributed by atoms with Crippen molar-refractivity contribution in [2.24, 2.45) is 0 Å². The van der Waals surface area contributed by atoms with Gasteiger partial charge in [0.25, 0.3) is 0 Å². The minimum absolute atomic E-state index is 0.0950. The molecule has 2 fully saturated rings. The molecule has 198 valence electrons. The number of aliphatic hydroxyl groups is 1. The number of hydrogen-bond acceptors (Lipinski definition) is 9. The maximum absolute atomic E-state index is 12.1. The van der Waals surface area contributed by atoms with Crippen molar-refractivity contribution in [2.45, 2.75) is 43.8 Å². The molecule has 4 heterocycles. The van der Waals surface area contributed by atoms with Crippen LogP contribution in [0.2, 0.25) is 0 Å². The summed E-state index contributed by atoms with van der Waals surface area (Å²) in [5.74, 6) is -3.09. The molecule has 2 N–H and O–H groups in total. The first-order valence-electron chi connectivity index (χ1n) is 12.6. The standard InChI is InChI=1S/C28H28N2O7S/c1-16-13-17(24-14-19-21(34-2)6-4-8-23(19)38-24)10-12-30(16)15-25(31)28(36-26(32)27(33)37-28)35-22-7-3-5-20-18(22)9-11-29-20/h3-9,11,14,16-17,25,29,31H,10,12-13,15H2,1-2H3/t16-,17+,25+/m1/s1. The summed E-state index contributed by atoms with van der Waals surface area (Å²) in [6, 6.07) is 15.5. The van der Waals surface area contributed by atoms with E-state index in [1.165, 1.54) is 9.58 Å². The quantitative estimate of drug-likeness (QED) is 0.268. The van der Waals surface area contributed by atoms with Crippen LogP contribution in [0.5, 0.6) is 11.5 Å². The van der Waals surface area contributed by atoms with Crippen molar-refractivity contribution in [3.8, 4) is 11.5 Å². The Labute approximate surface area is 222 Å². The zero-order valence-electron chi connectivity index (χ0n) is 21.0. The molecule has 9 nitrogen and oxygen atoms in total. The topological polar surface area (TPSA) is 110 Å². The van der Waals surface area contributed by atoms with E-state index in [1.54, 1.807) is 42.8 Å². The molecule has 4 aromatic rings. The summed E-state index contributed by atoms with van der Waals surface area (Å²) in [5, 5.41) is 13.1.